The summed E-state index contributed by atoms with van der Waals surface area (Å²) in [4.78, 5) is 10.9. The highest BCUT2D eigenvalue weighted by atomic mass is 35.5. The van der Waals surface area contributed by atoms with Crippen LogP contribution in [0, 0.1) is 5.82 Å². The molecule has 3 nitrogen and oxygen atoms in total. The van der Waals surface area contributed by atoms with Crippen LogP contribution in [0.1, 0.15) is 10.5 Å². The van der Waals surface area contributed by atoms with Gasteiger partial charge in [0.25, 0.3) is 0 Å². The zero-order chi connectivity index (χ0) is 11.7. The Balaban J connectivity index is 2.59. The molecule has 82 valence electrons. The molecule has 0 amide bonds. The quantitative estimate of drug-likeness (QED) is 0.876. The van der Waals surface area contributed by atoms with Crippen LogP contribution in [0.4, 0.5) is 4.39 Å². The number of nitrogens with zero attached hydrogens (tertiary/aromatic N) is 1. The average molecular weight is 240 g/mol. The van der Waals surface area contributed by atoms with Crippen LogP contribution in [-0.4, -0.2) is 15.6 Å². The smallest absolute Gasteiger partial charge is 0.352 e. The summed E-state index contributed by atoms with van der Waals surface area (Å²) in [6, 6.07) is 6.84. The molecule has 0 saturated carbocycles. The van der Waals surface area contributed by atoms with Crippen molar-refractivity contribution in [2.75, 3.05) is 0 Å². The Labute approximate surface area is 95.7 Å². The molecule has 0 unspecified atom stereocenters. The topological polar surface area (TPSA) is 42.2 Å². The van der Waals surface area contributed by atoms with E-state index in [0.29, 0.717) is 5.69 Å². The molecule has 0 aliphatic carbocycles. The van der Waals surface area contributed by atoms with Crippen LogP contribution in [0.2, 0.25) is 5.02 Å². The standard InChI is InChI=1S/C11H7ClFNO2/c12-8-6-7(13)3-4-9(8)14-5-1-2-10(14)11(15)16/h1-6H,(H,15,16). The first-order valence-electron chi connectivity index (χ1n) is 4.45. The number of aromatic nitrogens is 1. The number of benzene rings is 1. The Kier molecular flexibility index (Phi) is 2.66. The van der Waals surface area contributed by atoms with E-state index >= 15 is 0 Å². The fourth-order valence-electron chi connectivity index (χ4n) is 1.44. The lowest BCUT2D eigenvalue weighted by atomic mass is 10.3. The third-order valence-corrected chi connectivity index (χ3v) is 2.44. The molecule has 0 spiro atoms. The predicted molar refractivity (Wildman–Crippen MR) is 57.7 cm³/mol. The highest BCUT2D eigenvalue weighted by Gasteiger charge is 2.12. The molecule has 16 heavy (non-hydrogen) atoms. The van der Waals surface area contributed by atoms with Gasteiger partial charge < -0.3 is 9.67 Å². The number of aromatic carboxylic acids is 1. The van der Waals surface area contributed by atoms with Crippen LogP contribution in [0.5, 0.6) is 0 Å². The van der Waals surface area contributed by atoms with Crippen molar-refractivity contribution in [3.63, 3.8) is 0 Å². The second-order valence-corrected chi connectivity index (χ2v) is 3.57. The van der Waals surface area contributed by atoms with Crippen LogP contribution in [-0.2, 0) is 0 Å². The summed E-state index contributed by atoms with van der Waals surface area (Å²) in [6.07, 6.45) is 1.56. The molecule has 1 heterocycles. The van der Waals surface area contributed by atoms with Crippen LogP contribution < -0.4 is 0 Å². The molecular formula is C11H7ClFNO2. The molecule has 1 N–H and O–H groups in total. The van der Waals surface area contributed by atoms with E-state index in [-0.39, 0.29) is 10.7 Å². The Morgan fingerprint density at radius 3 is 2.75 bits per heavy atom. The second-order valence-electron chi connectivity index (χ2n) is 3.16. The van der Waals surface area contributed by atoms with Crippen LogP contribution in [0.3, 0.4) is 0 Å². The van der Waals surface area contributed by atoms with Gasteiger partial charge in [-0.25, -0.2) is 9.18 Å². The maximum atomic E-state index is 12.8. The zero-order valence-electron chi connectivity index (χ0n) is 8.02. The van der Waals surface area contributed by atoms with Crippen LogP contribution in [0.15, 0.2) is 36.5 Å². The molecule has 2 aromatic rings. The van der Waals surface area contributed by atoms with Gasteiger partial charge in [-0.2, -0.15) is 0 Å². The minimum atomic E-state index is -1.06. The summed E-state index contributed by atoms with van der Waals surface area (Å²) in [5, 5.41) is 9.09. The van der Waals surface area contributed by atoms with Crippen molar-refractivity contribution < 1.29 is 14.3 Å². The largest absolute Gasteiger partial charge is 0.477 e. The van der Waals surface area contributed by atoms with Gasteiger partial charge in [-0.05, 0) is 30.3 Å². The van der Waals surface area contributed by atoms with Gasteiger partial charge in [0.15, 0.2) is 0 Å². The van der Waals surface area contributed by atoms with Crippen molar-refractivity contribution in [3.05, 3.63) is 53.1 Å². The van der Waals surface area contributed by atoms with E-state index in [4.69, 9.17) is 16.7 Å². The van der Waals surface area contributed by atoms with Crippen molar-refractivity contribution in [3.8, 4) is 5.69 Å². The minimum absolute atomic E-state index is 0.0773. The van der Waals surface area contributed by atoms with E-state index in [9.17, 15) is 9.18 Å². The minimum Gasteiger partial charge on any atom is -0.477 e. The van der Waals surface area contributed by atoms with Gasteiger partial charge in [0.05, 0.1) is 10.7 Å². The summed E-state index contributed by atoms with van der Waals surface area (Å²) in [6.45, 7) is 0. The number of halogens is 2. The lowest BCUT2D eigenvalue weighted by molar-refractivity contribution is 0.0688. The van der Waals surface area contributed by atoms with Crippen molar-refractivity contribution in [1.82, 2.24) is 4.57 Å². The summed E-state index contributed by atoms with van der Waals surface area (Å²) >= 11 is 5.84. The Morgan fingerprint density at radius 2 is 2.12 bits per heavy atom. The molecule has 0 saturated heterocycles. The van der Waals surface area contributed by atoms with Gasteiger partial charge in [0.2, 0.25) is 0 Å². The third-order valence-electron chi connectivity index (χ3n) is 2.14. The highest BCUT2D eigenvalue weighted by molar-refractivity contribution is 6.32. The molecule has 1 aromatic heterocycles. The van der Waals surface area contributed by atoms with Gasteiger partial charge in [0, 0.05) is 6.20 Å². The van der Waals surface area contributed by atoms with E-state index in [0.717, 1.165) is 6.07 Å². The van der Waals surface area contributed by atoms with E-state index in [1.165, 1.54) is 22.8 Å². The Bertz CT molecular complexity index is 551. The summed E-state index contributed by atoms with van der Waals surface area (Å²) in [7, 11) is 0. The van der Waals surface area contributed by atoms with Gasteiger partial charge in [-0.1, -0.05) is 11.6 Å². The third kappa shape index (κ3) is 1.79. The number of rotatable bonds is 2. The maximum Gasteiger partial charge on any atom is 0.352 e. The zero-order valence-corrected chi connectivity index (χ0v) is 8.78. The molecule has 0 aliphatic rings. The lowest BCUT2D eigenvalue weighted by Crippen LogP contribution is -2.06. The Morgan fingerprint density at radius 1 is 1.38 bits per heavy atom. The summed E-state index contributed by atoms with van der Waals surface area (Å²) < 4.78 is 14.2. The van der Waals surface area contributed by atoms with Gasteiger partial charge in [-0.15, -0.1) is 0 Å². The molecular weight excluding hydrogens is 233 g/mol. The van der Waals surface area contributed by atoms with E-state index < -0.39 is 11.8 Å². The number of carbonyl (C=O) groups is 1. The van der Waals surface area contributed by atoms with Gasteiger partial charge >= 0.3 is 5.97 Å². The van der Waals surface area contributed by atoms with Gasteiger partial charge in [-0.3, -0.25) is 0 Å². The summed E-state index contributed by atoms with van der Waals surface area (Å²) in [5.41, 5.74) is 0.513. The fourth-order valence-corrected chi connectivity index (χ4v) is 1.70. The molecule has 5 heteroatoms. The first-order valence-corrected chi connectivity index (χ1v) is 4.83. The molecule has 0 bridgehead atoms. The average Bonchev–Trinajstić information content (AvgIpc) is 2.66. The SMILES string of the molecule is O=C(O)c1cccn1-c1ccc(F)cc1Cl. The van der Waals surface area contributed by atoms with Crippen molar-refractivity contribution in [1.29, 1.82) is 0 Å². The highest BCUT2D eigenvalue weighted by Crippen LogP contribution is 2.23. The number of carboxylic acid groups (broad SMARTS) is 1. The number of hydrogen-bond donors (Lipinski definition) is 1. The lowest BCUT2D eigenvalue weighted by Gasteiger charge is -2.08. The first-order chi connectivity index (χ1) is 7.59. The van der Waals surface area contributed by atoms with Crippen molar-refractivity contribution >= 4 is 17.6 Å². The van der Waals surface area contributed by atoms with E-state index in [1.807, 2.05) is 0 Å². The van der Waals surface area contributed by atoms with E-state index in [1.54, 1.807) is 12.3 Å². The van der Waals surface area contributed by atoms with Gasteiger partial charge in [0.1, 0.15) is 11.5 Å². The monoisotopic (exact) mass is 239 g/mol. The molecule has 0 fully saturated rings. The van der Waals surface area contributed by atoms with E-state index in [2.05, 4.69) is 0 Å². The first kappa shape index (κ1) is 10.7. The van der Waals surface area contributed by atoms with Crippen LogP contribution in [0.25, 0.3) is 5.69 Å². The van der Waals surface area contributed by atoms with Crippen molar-refractivity contribution in [2.24, 2.45) is 0 Å². The van der Waals surface area contributed by atoms with Crippen LogP contribution >= 0.6 is 11.6 Å². The Hall–Kier alpha value is -1.81. The normalized spacial score (nSPS) is 10.4. The molecule has 1 aromatic carbocycles. The molecule has 0 atom stereocenters. The maximum absolute atomic E-state index is 12.8. The molecule has 2 rings (SSSR count). The summed E-state index contributed by atoms with van der Waals surface area (Å²) in [5.74, 6) is -1.52. The molecule has 0 aliphatic heterocycles. The number of hydrogen-bond acceptors (Lipinski definition) is 1. The predicted octanol–water partition coefficient (Wildman–Crippen LogP) is 2.97. The second kappa shape index (κ2) is 3.98. The fraction of sp³-hybridized carbons (Fsp3) is 0. The number of carboxylic acids is 1. The molecule has 0 radical (unpaired) electrons. The van der Waals surface area contributed by atoms with Crippen molar-refractivity contribution in [2.45, 2.75) is 0 Å².